The number of nitrogens with one attached hydrogen (secondary N) is 3. The first-order chi connectivity index (χ1) is 13.3. The van der Waals surface area contributed by atoms with Crippen molar-refractivity contribution in [2.45, 2.75) is 43.9 Å². The van der Waals surface area contributed by atoms with E-state index in [4.69, 9.17) is 0 Å². The van der Waals surface area contributed by atoms with Crippen LogP contribution in [0.15, 0.2) is 30.5 Å². The summed E-state index contributed by atoms with van der Waals surface area (Å²) >= 11 is 0. The van der Waals surface area contributed by atoms with E-state index < -0.39 is 25.3 Å². The van der Waals surface area contributed by atoms with Crippen LogP contribution in [0.3, 0.4) is 0 Å². The first-order valence-electron chi connectivity index (χ1n) is 9.40. The highest BCUT2D eigenvalue weighted by atomic mass is 31.2. The Morgan fingerprint density at radius 1 is 1.29 bits per heavy atom. The number of ketones is 1. The molecule has 152 valence electrons. The fraction of sp³-hybridized carbons (Fsp3) is 0.474. The molecule has 9 heteroatoms. The molecule has 0 spiro atoms. The van der Waals surface area contributed by atoms with Gasteiger partial charge in [0.2, 0.25) is 5.91 Å². The number of amides is 1. The zero-order chi connectivity index (χ0) is 20.3. The van der Waals surface area contributed by atoms with Gasteiger partial charge < -0.3 is 20.1 Å². The highest BCUT2D eigenvalue weighted by molar-refractivity contribution is 7.52. The van der Waals surface area contributed by atoms with Gasteiger partial charge in [0.1, 0.15) is 5.78 Å². The number of aromatic nitrogens is 1. The molecule has 1 aromatic carbocycles. The zero-order valence-corrected chi connectivity index (χ0v) is 16.6. The second kappa shape index (κ2) is 8.57. The summed E-state index contributed by atoms with van der Waals surface area (Å²) in [5.41, 5.74) is 1.93. The van der Waals surface area contributed by atoms with Crippen LogP contribution in [0.1, 0.15) is 31.2 Å². The summed E-state index contributed by atoms with van der Waals surface area (Å²) < 4.78 is 11.5. The first-order valence-corrected chi connectivity index (χ1v) is 11.1. The van der Waals surface area contributed by atoms with Crippen LogP contribution in [-0.4, -0.2) is 45.3 Å². The van der Waals surface area contributed by atoms with Gasteiger partial charge in [0.05, 0.1) is 6.04 Å². The Kier molecular flexibility index (Phi) is 6.35. The molecule has 0 radical (unpaired) electrons. The largest absolute Gasteiger partial charge is 0.361 e. The number of hydrogen-bond acceptors (Lipinski definition) is 4. The third-order valence-corrected chi connectivity index (χ3v) is 6.58. The van der Waals surface area contributed by atoms with Gasteiger partial charge in [-0.1, -0.05) is 18.2 Å². The molecule has 3 rings (SSSR count). The quantitative estimate of drug-likeness (QED) is 0.444. The Labute approximate surface area is 163 Å². The van der Waals surface area contributed by atoms with E-state index in [9.17, 15) is 23.9 Å². The van der Waals surface area contributed by atoms with Crippen LogP contribution in [0.2, 0.25) is 0 Å². The molecule has 28 heavy (non-hydrogen) atoms. The molecule has 2 heterocycles. The fourth-order valence-electron chi connectivity index (χ4n) is 3.85. The number of fused-ring (bicyclic) bond motifs is 1. The molecule has 1 aliphatic heterocycles. The van der Waals surface area contributed by atoms with Crippen molar-refractivity contribution in [3.8, 4) is 0 Å². The lowest BCUT2D eigenvalue weighted by molar-refractivity contribution is -0.130. The van der Waals surface area contributed by atoms with Crippen molar-refractivity contribution in [3.63, 3.8) is 0 Å². The monoisotopic (exact) mass is 407 g/mol. The van der Waals surface area contributed by atoms with Crippen molar-refractivity contribution in [2.75, 3.05) is 7.05 Å². The van der Waals surface area contributed by atoms with E-state index in [1.54, 1.807) is 0 Å². The molecule has 0 saturated carbocycles. The number of Topliss-reactive ketones (excluding diaryl/α,β-unsaturated/α-hetero) is 1. The van der Waals surface area contributed by atoms with Crippen LogP contribution in [0, 0.1) is 5.92 Å². The van der Waals surface area contributed by atoms with Crippen LogP contribution in [-0.2, 0) is 20.6 Å². The van der Waals surface area contributed by atoms with Gasteiger partial charge in [-0.3, -0.25) is 19.5 Å². The average Bonchev–Trinajstić information content (AvgIpc) is 3.09. The van der Waals surface area contributed by atoms with Crippen molar-refractivity contribution in [1.29, 1.82) is 0 Å². The van der Waals surface area contributed by atoms with Crippen LogP contribution < -0.4 is 10.6 Å². The molecule has 1 saturated heterocycles. The summed E-state index contributed by atoms with van der Waals surface area (Å²) in [6.45, 7) is 0. The lowest BCUT2D eigenvalue weighted by Gasteiger charge is -2.31. The van der Waals surface area contributed by atoms with Gasteiger partial charge in [0.25, 0.3) is 0 Å². The molecule has 3 atom stereocenters. The van der Waals surface area contributed by atoms with Crippen molar-refractivity contribution in [2.24, 2.45) is 5.92 Å². The van der Waals surface area contributed by atoms with E-state index >= 15 is 0 Å². The van der Waals surface area contributed by atoms with E-state index in [1.807, 2.05) is 30.5 Å². The molecule has 8 nitrogen and oxygen atoms in total. The highest BCUT2D eigenvalue weighted by Gasteiger charge is 2.37. The Morgan fingerprint density at radius 3 is 2.75 bits per heavy atom. The Balaban J connectivity index is 1.73. The Hall–Kier alpha value is -1.99. The van der Waals surface area contributed by atoms with Gasteiger partial charge in [0, 0.05) is 36.5 Å². The van der Waals surface area contributed by atoms with Crippen LogP contribution in [0.25, 0.3) is 10.9 Å². The third kappa shape index (κ3) is 4.70. The van der Waals surface area contributed by atoms with Gasteiger partial charge in [-0.2, -0.15) is 0 Å². The van der Waals surface area contributed by atoms with Gasteiger partial charge >= 0.3 is 7.60 Å². The lowest BCUT2D eigenvalue weighted by atomic mass is 9.89. The maximum absolute atomic E-state index is 12.8. The molecule has 1 amide bonds. The second-order valence-electron chi connectivity index (χ2n) is 7.30. The van der Waals surface area contributed by atoms with E-state index in [1.165, 1.54) is 7.05 Å². The predicted molar refractivity (Wildman–Crippen MR) is 106 cm³/mol. The summed E-state index contributed by atoms with van der Waals surface area (Å²) in [6.07, 6.45) is 3.69. The molecular formula is C19H26N3O5P. The van der Waals surface area contributed by atoms with Gasteiger partial charge in [-0.25, -0.2) is 0 Å². The molecule has 0 bridgehead atoms. The van der Waals surface area contributed by atoms with Crippen LogP contribution in [0.4, 0.5) is 0 Å². The van der Waals surface area contributed by atoms with Crippen molar-refractivity contribution in [1.82, 2.24) is 15.6 Å². The summed E-state index contributed by atoms with van der Waals surface area (Å²) in [4.78, 5) is 47.1. The zero-order valence-electron chi connectivity index (χ0n) is 15.7. The molecule has 5 N–H and O–H groups in total. The second-order valence-corrected chi connectivity index (χ2v) is 9.10. The highest BCUT2D eigenvalue weighted by Crippen LogP contribution is 2.44. The maximum atomic E-state index is 12.8. The molecule has 1 aromatic heterocycles. The number of rotatable bonds is 7. The minimum atomic E-state index is -4.30. The van der Waals surface area contributed by atoms with Gasteiger partial charge in [-0.05, 0) is 37.3 Å². The number of aromatic amines is 1. The number of hydrogen-bond donors (Lipinski definition) is 5. The Morgan fingerprint density at radius 2 is 2.04 bits per heavy atom. The number of carbonyl (C=O) groups excluding carboxylic acids is 2. The van der Waals surface area contributed by atoms with E-state index in [0.717, 1.165) is 16.5 Å². The summed E-state index contributed by atoms with van der Waals surface area (Å²) in [5, 5.41) is 6.43. The minimum Gasteiger partial charge on any atom is -0.361 e. The number of piperidine rings is 1. The standard InChI is InChI=1S/C19H26N3O5P/c1-20-19(24)12(9-13-11-21-15-6-3-2-5-14(13)15)10-17(23)16-7-4-8-18(22-16)28(25,26)27/h2-3,5-6,11-12,16,18,21-22H,4,7-10H2,1H3,(H,20,24)(H2,25,26,27)/t12-,16+,18-/m1/s1. The van der Waals surface area contributed by atoms with Crippen molar-refractivity contribution < 1.29 is 23.9 Å². The number of para-hydroxylation sites is 1. The summed E-state index contributed by atoms with van der Waals surface area (Å²) in [6, 6.07) is 7.13. The Bertz CT molecular complexity index is 906. The number of benzene rings is 1. The molecule has 0 unspecified atom stereocenters. The van der Waals surface area contributed by atoms with Gasteiger partial charge in [0.15, 0.2) is 5.78 Å². The fourth-order valence-corrected chi connectivity index (χ4v) is 4.74. The lowest BCUT2D eigenvalue weighted by Crippen LogP contribution is -2.47. The number of H-pyrrole nitrogens is 1. The average molecular weight is 407 g/mol. The topological polar surface area (TPSA) is 132 Å². The summed E-state index contributed by atoms with van der Waals surface area (Å²) in [7, 11) is -2.76. The maximum Gasteiger partial charge on any atom is 0.342 e. The van der Waals surface area contributed by atoms with E-state index in [2.05, 4.69) is 15.6 Å². The SMILES string of the molecule is CNC(=O)[C@@H](CC(=O)[C@@H]1CCC[C@@H](P(=O)(O)O)N1)Cc1c[nH]c2ccccc12. The van der Waals surface area contributed by atoms with Crippen molar-refractivity contribution in [3.05, 3.63) is 36.0 Å². The molecule has 1 fully saturated rings. The van der Waals surface area contributed by atoms with Crippen molar-refractivity contribution >= 4 is 30.2 Å². The van der Waals surface area contributed by atoms with E-state index in [0.29, 0.717) is 25.7 Å². The molecule has 1 aliphatic rings. The molecule has 2 aromatic rings. The smallest absolute Gasteiger partial charge is 0.342 e. The molecular weight excluding hydrogens is 381 g/mol. The van der Waals surface area contributed by atoms with Crippen LogP contribution in [0.5, 0.6) is 0 Å². The summed E-state index contributed by atoms with van der Waals surface area (Å²) in [5.74, 6) is -1.95. The van der Waals surface area contributed by atoms with Crippen LogP contribution >= 0.6 is 7.60 Å². The normalized spacial score (nSPS) is 21.4. The van der Waals surface area contributed by atoms with E-state index in [-0.39, 0.29) is 18.1 Å². The predicted octanol–water partition coefficient (Wildman–Crippen LogP) is 1.68. The molecule has 0 aliphatic carbocycles. The third-order valence-electron chi connectivity index (χ3n) is 5.36. The minimum absolute atomic E-state index is 0.0186. The number of carbonyl (C=O) groups is 2. The van der Waals surface area contributed by atoms with Gasteiger partial charge in [-0.15, -0.1) is 0 Å². The first kappa shape index (κ1) is 20.7.